The van der Waals surface area contributed by atoms with Crippen molar-refractivity contribution < 1.29 is 22.7 Å². The number of sulfonamides is 1. The minimum atomic E-state index is -3.70. The molecule has 1 fully saturated rings. The molecular formula is C23H29N3O5S. The Labute approximate surface area is 189 Å². The van der Waals surface area contributed by atoms with Crippen molar-refractivity contribution in [1.82, 2.24) is 5.32 Å². The number of carbonyl (C=O) groups excluding carboxylic acids is 2. The highest BCUT2D eigenvalue weighted by atomic mass is 32.2. The third-order valence-corrected chi connectivity index (χ3v) is 6.42. The van der Waals surface area contributed by atoms with Crippen LogP contribution in [0.4, 0.5) is 11.4 Å². The van der Waals surface area contributed by atoms with Crippen LogP contribution in [0, 0.1) is 0 Å². The Morgan fingerprint density at radius 3 is 2.53 bits per heavy atom. The molecule has 2 amide bonds. The molecule has 3 rings (SSSR count). The topological polar surface area (TPSA) is 105 Å². The van der Waals surface area contributed by atoms with Gasteiger partial charge in [-0.05, 0) is 43.0 Å². The van der Waals surface area contributed by atoms with Crippen LogP contribution in [0.15, 0.2) is 48.5 Å². The maximum absolute atomic E-state index is 12.8. The first-order valence-electron chi connectivity index (χ1n) is 10.6. The average molecular weight is 460 g/mol. The molecule has 1 aliphatic heterocycles. The summed E-state index contributed by atoms with van der Waals surface area (Å²) >= 11 is 0. The quantitative estimate of drug-likeness (QED) is 0.600. The Morgan fingerprint density at radius 2 is 1.84 bits per heavy atom. The Bertz CT molecular complexity index is 1060. The number of benzene rings is 2. The van der Waals surface area contributed by atoms with Gasteiger partial charge in [-0.1, -0.05) is 37.3 Å². The van der Waals surface area contributed by atoms with Crippen LogP contribution in [0.3, 0.4) is 0 Å². The SMILES string of the molecule is CCc1ccccc1N(CC(=O)Nc1ccccc1C(=O)NCC1CCCO1)S(C)(=O)=O. The van der Waals surface area contributed by atoms with Gasteiger partial charge in [-0.2, -0.15) is 0 Å². The predicted octanol–water partition coefficient (Wildman–Crippen LogP) is 2.56. The number of nitrogens with one attached hydrogen (secondary N) is 2. The van der Waals surface area contributed by atoms with Crippen LogP contribution in [0.1, 0.15) is 35.7 Å². The van der Waals surface area contributed by atoms with E-state index in [1.807, 2.05) is 19.1 Å². The van der Waals surface area contributed by atoms with E-state index >= 15 is 0 Å². The Kier molecular flexibility index (Phi) is 7.87. The molecule has 0 aromatic heterocycles. The van der Waals surface area contributed by atoms with Crippen LogP contribution in [-0.2, 0) is 26.0 Å². The van der Waals surface area contributed by atoms with Crippen molar-refractivity contribution in [3.63, 3.8) is 0 Å². The molecule has 32 heavy (non-hydrogen) atoms. The first-order chi connectivity index (χ1) is 15.3. The summed E-state index contributed by atoms with van der Waals surface area (Å²) in [5.74, 6) is -0.867. The minimum absolute atomic E-state index is 0.00246. The van der Waals surface area contributed by atoms with E-state index in [0.717, 1.165) is 29.0 Å². The summed E-state index contributed by atoms with van der Waals surface area (Å²) in [6.45, 7) is 2.62. The summed E-state index contributed by atoms with van der Waals surface area (Å²) < 4.78 is 31.5. The van der Waals surface area contributed by atoms with E-state index in [4.69, 9.17) is 4.74 Å². The van der Waals surface area contributed by atoms with Gasteiger partial charge in [0.25, 0.3) is 5.91 Å². The first-order valence-corrected chi connectivity index (χ1v) is 12.5. The van der Waals surface area contributed by atoms with Gasteiger partial charge in [0.2, 0.25) is 15.9 Å². The predicted molar refractivity (Wildman–Crippen MR) is 124 cm³/mol. The molecule has 2 aromatic rings. The van der Waals surface area contributed by atoms with Gasteiger partial charge < -0.3 is 15.4 Å². The lowest BCUT2D eigenvalue weighted by atomic mass is 10.1. The molecule has 1 saturated heterocycles. The zero-order valence-electron chi connectivity index (χ0n) is 18.3. The summed E-state index contributed by atoms with van der Waals surface area (Å²) in [7, 11) is -3.70. The lowest BCUT2D eigenvalue weighted by Crippen LogP contribution is -2.38. The van der Waals surface area contributed by atoms with Gasteiger partial charge in [-0.25, -0.2) is 8.42 Å². The van der Waals surface area contributed by atoms with Gasteiger partial charge in [0.1, 0.15) is 6.54 Å². The number of para-hydroxylation sites is 2. The highest BCUT2D eigenvalue weighted by Gasteiger charge is 2.24. The Morgan fingerprint density at radius 1 is 1.12 bits per heavy atom. The molecule has 172 valence electrons. The molecule has 1 heterocycles. The van der Waals surface area contributed by atoms with E-state index in [9.17, 15) is 18.0 Å². The highest BCUT2D eigenvalue weighted by molar-refractivity contribution is 7.92. The standard InChI is InChI=1S/C23H29N3O5S/c1-3-17-9-4-7-13-21(17)26(32(2,29)30)16-22(27)25-20-12-6-5-11-19(20)23(28)24-15-18-10-8-14-31-18/h4-7,9,11-13,18H,3,8,10,14-16H2,1-2H3,(H,24,28)(H,25,27). The lowest BCUT2D eigenvalue weighted by molar-refractivity contribution is -0.114. The van der Waals surface area contributed by atoms with Gasteiger partial charge in [-0.15, -0.1) is 0 Å². The largest absolute Gasteiger partial charge is 0.376 e. The number of amides is 2. The van der Waals surface area contributed by atoms with E-state index < -0.39 is 22.5 Å². The van der Waals surface area contributed by atoms with Gasteiger partial charge in [0.05, 0.1) is 29.3 Å². The number of ether oxygens (including phenoxy) is 1. The molecule has 0 saturated carbocycles. The van der Waals surface area contributed by atoms with Crippen LogP contribution < -0.4 is 14.9 Å². The zero-order chi connectivity index (χ0) is 23.1. The fourth-order valence-corrected chi connectivity index (χ4v) is 4.54. The van der Waals surface area contributed by atoms with Crippen molar-refractivity contribution in [3.05, 3.63) is 59.7 Å². The second kappa shape index (κ2) is 10.6. The molecule has 1 atom stereocenters. The second-order valence-corrected chi connectivity index (χ2v) is 9.60. The molecule has 1 aliphatic rings. The number of rotatable bonds is 9. The van der Waals surface area contributed by atoms with Gasteiger partial charge >= 0.3 is 0 Å². The summed E-state index contributed by atoms with van der Waals surface area (Å²) in [5, 5.41) is 5.53. The zero-order valence-corrected chi connectivity index (χ0v) is 19.2. The summed E-state index contributed by atoms with van der Waals surface area (Å²) in [4.78, 5) is 25.5. The maximum atomic E-state index is 12.8. The van der Waals surface area contributed by atoms with Crippen molar-refractivity contribution >= 4 is 33.2 Å². The van der Waals surface area contributed by atoms with Crippen molar-refractivity contribution in [3.8, 4) is 0 Å². The molecule has 0 radical (unpaired) electrons. The summed E-state index contributed by atoms with van der Waals surface area (Å²) in [6.07, 6.45) is 3.57. The second-order valence-electron chi connectivity index (χ2n) is 7.69. The van der Waals surface area contributed by atoms with E-state index in [-0.39, 0.29) is 12.0 Å². The number of carbonyl (C=O) groups is 2. The van der Waals surface area contributed by atoms with Crippen LogP contribution in [-0.4, -0.2) is 52.3 Å². The smallest absolute Gasteiger partial charge is 0.253 e. The highest BCUT2D eigenvalue weighted by Crippen LogP contribution is 2.24. The normalized spacial score (nSPS) is 15.9. The van der Waals surface area contributed by atoms with Crippen molar-refractivity contribution in [2.75, 3.05) is 35.6 Å². The van der Waals surface area contributed by atoms with Crippen LogP contribution in [0.5, 0.6) is 0 Å². The molecule has 9 heteroatoms. The molecule has 2 N–H and O–H groups in total. The van der Waals surface area contributed by atoms with Crippen LogP contribution in [0.25, 0.3) is 0 Å². The third-order valence-electron chi connectivity index (χ3n) is 5.29. The number of aryl methyl sites for hydroxylation is 1. The third kappa shape index (κ3) is 6.08. The van der Waals surface area contributed by atoms with E-state index in [0.29, 0.717) is 36.5 Å². The maximum Gasteiger partial charge on any atom is 0.253 e. The lowest BCUT2D eigenvalue weighted by Gasteiger charge is -2.24. The number of hydrogen-bond acceptors (Lipinski definition) is 5. The Hall–Kier alpha value is -2.91. The van der Waals surface area contributed by atoms with Crippen molar-refractivity contribution in [2.24, 2.45) is 0 Å². The van der Waals surface area contributed by atoms with Gasteiger partial charge in [0.15, 0.2) is 0 Å². The number of anilines is 2. The van der Waals surface area contributed by atoms with Crippen molar-refractivity contribution in [1.29, 1.82) is 0 Å². The monoisotopic (exact) mass is 459 g/mol. The average Bonchev–Trinajstić information content (AvgIpc) is 3.29. The molecule has 2 aromatic carbocycles. The molecular weight excluding hydrogens is 430 g/mol. The minimum Gasteiger partial charge on any atom is -0.376 e. The van der Waals surface area contributed by atoms with Crippen molar-refractivity contribution in [2.45, 2.75) is 32.3 Å². The number of hydrogen-bond donors (Lipinski definition) is 2. The van der Waals surface area contributed by atoms with Gasteiger partial charge in [-0.3, -0.25) is 13.9 Å². The summed E-state index contributed by atoms with van der Waals surface area (Å²) in [6, 6.07) is 13.7. The fourth-order valence-electron chi connectivity index (χ4n) is 3.65. The van der Waals surface area contributed by atoms with Gasteiger partial charge in [0, 0.05) is 13.2 Å². The molecule has 1 unspecified atom stereocenters. The fraction of sp³-hybridized carbons (Fsp3) is 0.391. The molecule has 8 nitrogen and oxygen atoms in total. The van der Waals surface area contributed by atoms with E-state index in [2.05, 4.69) is 10.6 Å². The summed E-state index contributed by atoms with van der Waals surface area (Å²) in [5.41, 5.74) is 1.91. The molecule has 0 bridgehead atoms. The molecule has 0 aliphatic carbocycles. The van der Waals surface area contributed by atoms with E-state index in [1.165, 1.54) is 0 Å². The van der Waals surface area contributed by atoms with E-state index in [1.54, 1.807) is 36.4 Å². The number of nitrogens with zero attached hydrogens (tertiary/aromatic N) is 1. The Balaban J connectivity index is 1.74. The molecule has 0 spiro atoms. The van der Waals surface area contributed by atoms with Crippen LogP contribution >= 0.6 is 0 Å². The first kappa shape index (κ1) is 23.7. The van der Waals surface area contributed by atoms with Crippen LogP contribution in [0.2, 0.25) is 0 Å².